The van der Waals surface area contributed by atoms with E-state index in [9.17, 15) is 14.9 Å². The van der Waals surface area contributed by atoms with Gasteiger partial charge in [-0.2, -0.15) is 0 Å². The van der Waals surface area contributed by atoms with Gasteiger partial charge in [-0.3, -0.25) is 14.9 Å². The molecule has 0 saturated heterocycles. The summed E-state index contributed by atoms with van der Waals surface area (Å²) in [7, 11) is 0. The molecule has 1 aromatic rings. The van der Waals surface area contributed by atoms with Crippen molar-refractivity contribution in [2.75, 3.05) is 5.32 Å². The van der Waals surface area contributed by atoms with Crippen molar-refractivity contribution >= 4 is 17.2 Å². The first-order valence-electron chi connectivity index (χ1n) is 4.27. The maximum atomic E-state index is 10.6. The lowest BCUT2D eigenvalue weighted by molar-refractivity contribution is -0.384. The molecule has 0 unspecified atom stereocenters. The van der Waals surface area contributed by atoms with Gasteiger partial charge in [0, 0.05) is 24.0 Å². The van der Waals surface area contributed by atoms with Gasteiger partial charge in [-0.1, -0.05) is 6.07 Å². The molecule has 0 spiro atoms. The molecule has 5 nitrogen and oxygen atoms in total. The Kier molecular flexibility index (Phi) is 3.56. The molecule has 5 heteroatoms. The van der Waals surface area contributed by atoms with Gasteiger partial charge in [-0.05, 0) is 19.1 Å². The van der Waals surface area contributed by atoms with Crippen LogP contribution in [0.4, 0.5) is 11.4 Å². The van der Waals surface area contributed by atoms with Crippen LogP contribution in [0.1, 0.15) is 6.92 Å². The van der Waals surface area contributed by atoms with Gasteiger partial charge >= 0.3 is 0 Å². The van der Waals surface area contributed by atoms with Crippen molar-refractivity contribution in [3.05, 3.63) is 46.7 Å². The third kappa shape index (κ3) is 3.60. The number of nitro groups is 1. The molecular formula is C10H10N2O3. The van der Waals surface area contributed by atoms with E-state index in [0.717, 1.165) is 0 Å². The number of allylic oxidation sites excluding steroid dienone is 1. The molecule has 78 valence electrons. The van der Waals surface area contributed by atoms with Gasteiger partial charge in [-0.15, -0.1) is 0 Å². The molecule has 0 radical (unpaired) electrons. The van der Waals surface area contributed by atoms with Crippen LogP contribution in [0.2, 0.25) is 0 Å². The van der Waals surface area contributed by atoms with Crippen LogP contribution in [-0.2, 0) is 4.79 Å². The van der Waals surface area contributed by atoms with Crippen molar-refractivity contribution in [3.8, 4) is 0 Å². The lowest BCUT2D eigenvalue weighted by atomic mass is 10.3. The monoisotopic (exact) mass is 206 g/mol. The van der Waals surface area contributed by atoms with E-state index in [1.54, 1.807) is 12.1 Å². The summed E-state index contributed by atoms with van der Waals surface area (Å²) >= 11 is 0. The first-order valence-corrected chi connectivity index (χ1v) is 4.27. The van der Waals surface area contributed by atoms with E-state index in [2.05, 4.69) is 5.32 Å². The quantitative estimate of drug-likeness (QED) is 0.465. The van der Waals surface area contributed by atoms with Crippen LogP contribution in [0.5, 0.6) is 0 Å². The maximum absolute atomic E-state index is 10.6. The summed E-state index contributed by atoms with van der Waals surface area (Å²) in [5.74, 6) is -0.0899. The molecule has 0 saturated carbocycles. The summed E-state index contributed by atoms with van der Waals surface area (Å²) in [4.78, 5) is 20.5. The Balaban J connectivity index is 2.74. The summed E-state index contributed by atoms with van der Waals surface area (Å²) in [6.45, 7) is 1.42. The predicted molar refractivity (Wildman–Crippen MR) is 56.5 cm³/mol. The highest BCUT2D eigenvalue weighted by molar-refractivity contribution is 5.87. The van der Waals surface area contributed by atoms with Gasteiger partial charge in [0.1, 0.15) is 0 Å². The minimum absolute atomic E-state index is 0.0104. The molecular weight excluding hydrogens is 196 g/mol. The normalized spacial score (nSPS) is 10.2. The fourth-order valence-electron chi connectivity index (χ4n) is 0.965. The largest absolute Gasteiger partial charge is 0.361 e. The first kappa shape index (κ1) is 10.9. The van der Waals surface area contributed by atoms with Crippen LogP contribution in [-0.4, -0.2) is 10.7 Å². The number of rotatable bonds is 4. The first-order chi connectivity index (χ1) is 7.09. The van der Waals surface area contributed by atoms with Crippen molar-refractivity contribution in [1.82, 2.24) is 0 Å². The number of nitrogens with one attached hydrogen (secondary N) is 1. The zero-order chi connectivity index (χ0) is 11.3. The number of nitrogens with zero attached hydrogens (tertiary/aromatic N) is 1. The van der Waals surface area contributed by atoms with E-state index in [4.69, 9.17) is 0 Å². The molecule has 1 N–H and O–H groups in total. The van der Waals surface area contributed by atoms with Crippen molar-refractivity contribution in [3.63, 3.8) is 0 Å². The molecule has 0 aliphatic heterocycles. The number of carbonyl (C=O) groups is 1. The van der Waals surface area contributed by atoms with E-state index in [1.807, 2.05) is 0 Å². The number of nitro benzene ring substituents is 1. The highest BCUT2D eigenvalue weighted by Crippen LogP contribution is 2.16. The van der Waals surface area contributed by atoms with Crippen LogP contribution >= 0.6 is 0 Å². The second kappa shape index (κ2) is 4.90. The minimum atomic E-state index is -0.472. The molecule has 0 atom stereocenters. The summed E-state index contributed by atoms with van der Waals surface area (Å²) in [6, 6.07) is 6.05. The number of anilines is 1. The molecule has 0 heterocycles. The summed E-state index contributed by atoms with van der Waals surface area (Å²) in [5.41, 5.74) is 0.581. The van der Waals surface area contributed by atoms with Crippen LogP contribution in [0, 0.1) is 10.1 Å². The van der Waals surface area contributed by atoms with Gasteiger partial charge in [0.2, 0.25) is 0 Å². The Morgan fingerprint density at radius 1 is 1.53 bits per heavy atom. The lowest BCUT2D eigenvalue weighted by Gasteiger charge is -1.99. The number of ketones is 1. The number of hydrogen-bond donors (Lipinski definition) is 1. The van der Waals surface area contributed by atoms with Gasteiger partial charge in [0.05, 0.1) is 4.92 Å². The number of hydrogen-bond acceptors (Lipinski definition) is 4. The Morgan fingerprint density at radius 3 is 2.87 bits per heavy atom. The van der Waals surface area contributed by atoms with E-state index in [1.165, 1.54) is 31.3 Å². The van der Waals surface area contributed by atoms with Gasteiger partial charge in [-0.25, -0.2) is 0 Å². The molecule has 15 heavy (non-hydrogen) atoms. The summed E-state index contributed by atoms with van der Waals surface area (Å²) in [5, 5.41) is 13.2. The zero-order valence-corrected chi connectivity index (χ0v) is 8.14. The van der Waals surface area contributed by atoms with E-state index in [0.29, 0.717) is 5.69 Å². The van der Waals surface area contributed by atoms with Crippen molar-refractivity contribution in [2.24, 2.45) is 0 Å². The standard InChI is InChI=1S/C10H10N2O3/c1-8(13)5-6-11-9-3-2-4-10(7-9)12(14)15/h2-7,11H,1H3/b6-5-. The Bertz CT molecular complexity index is 413. The second-order valence-electron chi connectivity index (χ2n) is 2.90. The molecule has 0 aliphatic rings. The third-order valence-electron chi connectivity index (χ3n) is 1.63. The molecule has 1 aromatic carbocycles. The van der Waals surface area contributed by atoms with Crippen LogP contribution in [0.15, 0.2) is 36.5 Å². The molecule has 0 aliphatic carbocycles. The van der Waals surface area contributed by atoms with Gasteiger partial charge < -0.3 is 5.32 Å². The predicted octanol–water partition coefficient (Wildman–Crippen LogP) is 2.11. The number of carbonyl (C=O) groups excluding carboxylic acids is 1. The van der Waals surface area contributed by atoms with E-state index < -0.39 is 4.92 Å². The fourth-order valence-corrected chi connectivity index (χ4v) is 0.965. The average molecular weight is 206 g/mol. The van der Waals surface area contributed by atoms with Gasteiger partial charge in [0.15, 0.2) is 5.78 Å². The van der Waals surface area contributed by atoms with Crippen LogP contribution in [0.25, 0.3) is 0 Å². The van der Waals surface area contributed by atoms with Crippen molar-refractivity contribution < 1.29 is 9.72 Å². The SMILES string of the molecule is CC(=O)/C=C\Nc1cccc([N+](=O)[O-])c1. The van der Waals surface area contributed by atoms with Crippen LogP contribution in [0.3, 0.4) is 0 Å². The maximum Gasteiger partial charge on any atom is 0.271 e. The second-order valence-corrected chi connectivity index (χ2v) is 2.90. The smallest absolute Gasteiger partial charge is 0.271 e. The summed E-state index contributed by atoms with van der Waals surface area (Å²) < 4.78 is 0. The van der Waals surface area contributed by atoms with Crippen molar-refractivity contribution in [1.29, 1.82) is 0 Å². The average Bonchev–Trinajstić information content (AvgIpc) is 2.17. The Morgan fingerprint density at radius 2 is 2.27 bits per heavy atom. The number of benzene rings is 1. The Labute approximate surface area is 86.6 Å². The fraction of sp³-hybridized carbons (Fsp3) is 0.100. The molecule has 0 aromatic heterocycles. The number of non-ortho nitro benzene ring substituents is 1. The molecule has 0 bridgehead atoms. The van der Waals surface area contributed by atoms with Crippen LogP contribution < -0.4 is 5.32 Å². The topological polar surface area (TPSA) is 72.2 Å². The third-order valence-corrected chi connectivity index (χ3v) is 1.63. The van der Waals surface area contributed by atoms with Crippen molar-refractivity contribution in [2.45, 2.75) is 6.92 Å². The highest BCUT2D eigenvalue weighted by Gasteiger charge is 2.03. The van der Waals surface area contributed by atoms with Gasteiger partial charge in [0.25, 0.3) is 5.69 Å². The Hall–Kier alpha value is -2.17. The zero-order valence-electron chi connectivity index (χ0n) is 8.14. The summed E-state index contributed by atoms with van der Waals surface area (Å²) in [6.07, 6.45) is 2.79. The van der Waals surface area contributed by atoms with E-state index >= 15 is 0 Å². The lowest BCUT2D eigenvalue weighted by Crippen LogP contribution is -1.92. The minimum Gasteiger partial charge on any atom is -0.361 e. The molecule has 0 amide bonds. The highest BCUT2D eigenvalue weighted by atomic mass is 16.6. The van der Waals surface area contributed by atoms with E-state index in [-0.39, 0.29) is 11.5 Å². The molecule has 1 rings (SSSR count). The molecule has 0 fully saturated rings.